The van der Waals surface area contributed by atoms with Gasteiger partial charge in [-0.3, -0.25) is 4.79 Å². The number of alkyl halides is 3. The Balaban J connectivity index is 2.20. The average Bonchev–Trinajstić information content (AvgIpc) is 2.85. The van der Waals surface area contributed by atoms with E-state index in [1.165, 1.54) is 18.2 Å². The standard InChI is InChI=1S/C14H13F3N2O3/c15-14(16,17)22-9-3-1-2-8(6-9)11-4-5-12(21-11)10(18)7-13(19)20/h1-6,10H,7,18H2,(H2,19,20). The van der Waals surface area contributed by atoms with Crippen LogP contribution >= 0.6 is 0 Å². The number of nitrogens with two attached hydrogens (primary N) is 2. The van der Waals surface area contributed by atoms with Gasteiger partial charge < -0.3 is 20.6 Å². The first kappa shape index (κ1) is 15.9. The molecule has 0 aliphatic carbocycles. The second-order valence-electron chi connectivity index (χ2n) is 4.55. The molecule has 2 aromatic rings. The van der Waals surface area contributed by atoms with Crippen molar-refractivity contribution in [1.29, 1.82) is 0 Å². The lowest BCUT2D eigenvalue weighted by Crippen LogP contribution is -2.20. The topological polar surface area (TPSA) is 91.5 Å². The van der Waals surface area contributed by atoms with Crippen LogP contribution < -0.4 is 16.2 Å². The smallest absolute Gasteiger partial charge is 0.459 e. The van der Waals surface area contributed by atoms with Gasteiger partial charge in [0.25, 0.3) is 0 Å². The third-order valence-electron chi connectivity index (χ3n) is 2.77. The first-order valence-electron chi connectivity index (χ1n) is 6.24. The van der Waals surface area contributed by atoms with Crippen molar-refractivity contribution >= 4 is 5.91 Å². The summed E-state index contributed by atoms with van der Waals surface area (Å²) in [5, 5.41) is 0. The van der Waals surface area contributed by atoms with E-state index in [0.29, 0.717) is 17.1 Å². The fraction of sp³-hybridized carbons (Fsp3) is 0.214. The molecule has 0 radical (unpaired) electrons. The van der Waals surface area contributed by atoms with E-state index < -0.39 is 18.3 Å². The van der Waals surface area contributed by atoms with Crippen molar-refractivity contribution < 1.29 is 27.1 Å². The Morgan fingerprint density at radius 2 is 2.00 bits per heavy atom. The van der Waals surface area contributed by atoms with Crippen molar-refractivity contribution in [2.75, 3.05) is 0 Å². The maximum absolute atomic E-state index is 12.2. The number of primary amides is 1. The fourth-order valence-electron chi connectivity index (χ4n) is 1.87. The lowest BCUT2D eigenvalue weighted by molar-refractivity contribution is -0.274. The van der Waals surface area contributed by atoms with Gasteiger partial charge in [-0.1, -0.05) is 12.1 Å². The van der Waals surface area contributed by atoms with Crippen LogP contribution in [-0.2, 0) is 4.79 Å². The summed E-state index contributed by atoms with van der Waals surface area (Å²) in [5.74, 6) is -0.311. The zero-order valence-electron chi connectivity index (χ0n) is 11.3. The molecule has 8 heteroatoms. The quantitative estimate of drug-likeness (QED) is 0.887. The van der Waals surface area contributed by atoms with Crippen LogP contribution in [0.1, 0.15) is 18.2 Å². The molecule has 0 aliphatic rings. The van der Waals surface area contributed by atoms with E-state index in [2.05, 4.69) is 4.74 Å². The molecule has 4 N–H and O–H groups in total. The normalized spacial score (nSPS) is 12.9. The Morgan fingerprint density at radius 1 is 1.27 bits per heavy atom. The molecule has 0 fully saturated rings. The van der Waals surface area contributed by atoms with E-state index in [4.69, 9.17) is 15.9 Å². The van der Waals surface area contributed by atoms with Crippen LogP contribution in [0.2, 0.25) is 0 Å². The zero-order valence-corrected chi connectivity index (χ0v) is 11.3. The summed E-state index contributed by atoms with van der Waals surface area (Å²) in [6, 6.07) is 7.71. The van der Waals surface area contributed by atoms with E-state index in [0.717, 1.165) is 0 Å². The predicted molar refractivity (Wildman–Crippen MR) is 71.6 cm³/mol. The second-order valence-corrected chi connectivity index (χ2v) is 4.55. The number of hydrogen-bond donors (Lipinski definition) is 2. The fourth-order valence-corrected chi connectivity index (χ4v) is 1.87. The lowest BCUT2D eigenvalue weighted by Gasteiger charge is -2.09. The largest absolute Gasteiger partial charge is 0.573 e. The van der Waals surface area contributed by atoms with Crippen LogP contribution in [0, 0.1) is 0 Å². The van der Waals surface area contributed by atoms with Crippen LogP contribution in [-0.4, -0.2) is 12.3 Å². The molecule has 1 atom stereocenters. The Bertz CT molecular complexity index is 667. The molecule has 0 aliphatic heterocycles. The minimum Gasteiger partial charge on any atom is -0.459 e. The molecule has 5 nitrogen and oxygen atoms in total. The van der Waals surface area contributed by atoms with Crippen molar-refractivity contribution in [3.8, 4) is 17.1 Å². The Morgan fingerprint density at radius 3 is 2.64 bits per heavy atom. The summed E-state index contributed by atoms with van der Waals surface area (Å²) in [7, 11) is 0. The molecule has 0 spiro atoms. The molecule has 1 aromatic carbocycles. The molecule has 1 unspecified atom stereocenters. The van der Waals surface area contributed by atoms with E-state index in [1.807, 2.05) is 0 Å². The molecule has 0 saturated heterocycles. The highest BCUT2D eigenvalue weighted by Crippen LogP contribution is 2.30. The summed E-state index contributed by atoms with van der Waals surface area (Å²) < 4.78 is 45.9. The molecule has 2 rings (SSSR count). The summed E-state index contributed by atoms with van der Waals surface area (Å²) in [6.45, 7) is 0. The van der Waals surface area contributed by atoms with E-state index in [9.17, 15) is 18.0 Å². The maximum atomic E-state index is 12.2. The third-order valence-corrected chi connectivity index (χ3v) is 2.77. The number of halogens is 3. The number of rotatable bonds is 5. The predicted octanol–water partition coefficient (Wildman–Crippen LogP) is 2.72. The molecule has 1 amide bonds. The number of benzene rings is 1. The van der Waals surface area contributed by atoms with Crippen LogP contribution in [0.5, 0.6) is 5.75 Å². The van der Waals surface area contributed by atoms with Crippen LogP contribution in [0.25, 0.3) is 11.3 Å². The van der Waals surface area contributed by atoms with Gasteiger partial charge in [0.1, 0.15) is 17.3 Å². The highest BCUT2D eigenvalue weighted by molar-refractivity contribution is 5.74. The van der Waals surface area contributed by atoms with Gasteiger partial charge in [0.2, 0.25) is 5.91 Å². The maximum Gasteiger partial charge on any atom is 0.573 e. The SMILES string of the molecule is NC(=O)CC(N)c1ccc(-c2cccc(OC(F)(F)F)c2)o1. The van der Waals surface area contributed by atoms with E-state index in [1.54, 1.807) is 18.2 Å². The number of carbonyl (C=O) groups excluding carboxylic acids is 1. The van der Waals surface area contributed by atoms with E-state index in [-0.39, 0.29) is 12.2 Å². The minimum atomic E-state index is -4.77. The number of amides is 1. The first-order chi connectivity index (χ1) is 10.2. The molecular weight excluding hydrogens is 301 g/mol. The van der Waals surface area contributed by atoms with Gasteiger partial charge in [-0.25, -0.2) is 0 Å². The van der Waals surface area contributed by atoms with Crippen LogP contribution in [0.4, 0.5) is 13.2 Å². The van der Waals surface area contributed by atoms with Gasteiger partial charge in [-0.05, 0) is 24.3 Å². The van der Waals surface area contributed by atoms with Crippen molar-refractivity contribution in [2.45, 2.75) is 18.8 Å². The summed E-state index contributed by atoms with van der Waals surface area (Å²) in [4.78, 5) is 10.8. The number of ether oxygens (including phenoxy) is 1. The molecule has 0 bridgehead atoms. The van der Waals surface area contributed by atoms with Crippen molar-refractivity contribution in [3.05, 3.63) is 42.2 Å². The Labute approximate surface area is 123 Å². The van der Waals surface area contributed by atoms with Gasteiger partial charge in [-0.2, -0.15) is 0 Å². The number of hydrogen-bond acceptors (Lipinski definition) is 4. The first-order valence-corrected chi connectivity index (χ1v) is 6.24. The molecule has 1 aromatic heterocycles. The summed E-state index contributed by atoms with van der Waals surface area (Å²) in [5.41, 5.74) is 11.2. The number of furan rings is 1. The van der Waals surface area contributed by atoms with Gasteiger partial charge in [0.05, 0.1) is 6.04 Å². The van der Waals surface area contributed by atoms with Crippen molar-refractivity contribution in [2.24, 2.45) is 11.5 Å². The second kappa shape index (κ2) is 6.10. The molecule has 22 heavy (non-hydrogen) atoms. The average molecular weight is 314 g/mol. The zero-order chi connectivity index (χ0) is 16.3. The molecule has 1 heterocycles. The van der Waals surface area contributed by atoms with Crippen molar-refractivity contribution in [1.82, 2.24) is 0 Å². The molecule has 0 saturated carbocycles. The monoisotopic (exact) mass is 314 g/mol. The van der Waals surface area contributed by atoms with Gasteiger partial charge in [0, 0.05) is 12.0 Å². The summed E-state index contributed by atoms with van der Waals surface area (Å²) in [6.07, 6.45) is -4.86. The van der Waals surface area contributed by atoms with Crippen LogP contribution in [0.3, 0.4) is 0 Å². The molecular formula is C14H13F3N2O3. The van der Waals surface area contributed by atoms with Crippen LogP contribution in [0.15, 0.2) is 40.8 Å². The van der Waals surface area contributed by atoms with Gasteiger partial charge >= 0.3 is 6.36 Å². The van der Waals surface area contributed by atoms with E-state index >= 15 is 0 Å². The number of carbonyl (C=O) groups is 1. The lowest BCUT2D eigenvalue weighted by atomic mass is 10.1. The van der Waals surface area contributed by atoms with Gasteiger partial charge in [0.15, 0.2) is 0 Å². The Hall–Kier alpha value is -2.48. The van der Waals surface area contributed by atoms with Gasteiger partial charge in [-0.15, -0.1) is 13.2 Å². The third kappa shape index (κ3) is 4.26. The summed E-state index contributed by atoms with van der Waals surface area (Å²) >= 11 is 0. The molecule has 118 valence electrons. The van der Waals surface area contributed by atoms with Crippen molar-refractivity contribution in [3.63, 3.8) is 0 Å². The highest BCUT2D eigenvalue weighted by atomic mass is 19.4. The minimum absolute atomic E-state index is 0.0931. The Kier molecular flexibility index (Phi) is 4.41. The highest BCUT2D eigenvalue weighted by Gasteiger charge is 2.31.